The largest absolute Gasteiger partial charge is 0.316 e. The number of carbonyl (C=O) groups excluding carboxylic acids is 1. The Labute approximate surface area is 141 Å². The smallest absolute Gasteiger partial charge is 0.225 e. The summed E-state index contributed by atoms with van der Waals surface area (Å²) < 4.78 is 0. The van der Waals surface area contributed by atoms with E-state index in [9.17, 15) is 4.79 Å². The highest BCUT2D eigenvalue weighted by molar-refractivity contribution is 7.14. The molecule has 1 aliphatic heterocycles. The number of rotatable bonds is 5. The molecule has 4 nitrogen and oxygen atoms in total. The Hall–Kier alpha value is -1.72. The van der Waals surface area contributed by atoms with Gasteiger partial charge in [0.15, 0.2) is 0 Å². The summed E-state index contributed by atoms with van der Waals surface area (Å²) in [7, 11) is 0. The van der Waals surface area contributed by atoms with Gasteiger partial charge in [-0.1, -0.05) is 37.3 Å². The molecule has 5 heteroatoms. The van der Waals surface area contributed by atoms with Crippen LogP contribution >= 0.6 is 11.3 Å². The Bertz CT molecular complexity index is 635. The molecule has 2 N–H and O–H groups in total. The number of anilines is 1. The molecular formula is C18H23N3OS. The predicted molar refractivity (Wildman–Crippen MR) is 95.6 cm³/mol. The van der Waals surface area contributed by atoms with Crippen LogP contribution in [0.25, 0.3) is 11.3 Å². The zero-order chi connectivity index (χ0) is 16.1. The highest BCUT2D eigenvalue weighted by Gasteiger charge is 2.22. The van der Waals surface area contributed by atoms with Gasteiger partial charge < -0.3 is 10.6 Å². The fraction of sp³-hybridized carbons (Fsp3) is 0.444. The van der Waals surface area contributed by atoms with Gasteiger partial charge in [-0.3, -0.25) is 4.79 Å². The Morgan fingerprint density at radius 3 is 3.00 bits per heavy atom. The van der Waals surface area contributed by atoms with E-state index in [4.69, 9.17) is 0 Å². The lowest BCUT2D eigenvalue weighted by molar-refractivity contribution is -0.117. The first kappa shape index (κ1) is 16.1. The summed E-state index contributed by atoms with van der Waals surface area (Å²) >= 11 is 1.48. The van der Waals surface area contributed by atoms with Crippen LogP contribution in [0.4, 0.5) is 5.00 Å². The number of thiazole rings is 1. The van der Waals surface area contributed by atoms with Crippen molar-refractivity contribution >= 4 is 22.2 Å². The van der Waals surface area contributed by atoms with Gasteiger partial charge in [-0.2, -0.15) is 0 Å². The van der Waals surface area contributed by atoms with Gasteiger partial charge in [0.25, 0.3) is 0 Å². The molecule has 2 heterocycles. The number of benzene rings is 1. The SMILES string of the molecule is CC(CC(=O)Nc1scnc1-c1ccccc1)C1CCCNC1. The Kier molecular flexibility index (Phi) is 5.41. The van der Waals surface area contributed by atoms with Crippen molar-refractivity contribution < 1.29 is 4.79 Å². The maximum Gasteiger partial charge on any atom is 0.225 e. The second-order valence-corrected chi connectivity index (χ2v) is 7.09. The number of amides is 1. The summed E-state index contributed by atoms with van der Waals surface area (Å²) in [4.78, 5) is 16.8. The highest BCUT2D eigenvalue weighted by atomic mass is 32.1. The normalized spacial score (nSPS) is 19.3. The van der Waals surface area contributed by atoms with E-state index in [1.807, 2.05) is 30.3 Å². The lowest BCUT2D eigenvalue weighted by Gasteiger charge is -2.27. The minimum atomic E-state index is 0.0875. The van der Waals surface area contributed by atoms with Gasteiger partial charge in [-0.25, -0.2) is 4.98 Å². The molecule has 2 unspecified atom stereocenters. The van der Waals surface area contributed by atoms with Crippen LogP contribution in [0.3, 0.4) is 0 Å². The molecule has 0 aliphatic carbocycles. The standard InChI is InChI=1S/C18H23N3OS/c1-13(15-8-5-9-19-11-15)10-16(22)21-18-17(20-12-23-18)14-6-3-2-4-7-14/h2-4,6-7,12-13,15,19H,5,8-11H2,1H3,(H,21,22). The number of hydrogen-bond donors (Lipinski definition) is 2. The van der Waals surface area contributed by atoms with E-state index in [0.29, 0.717) is 18.3 Å². The van der Waals surface area contributed by atoms with Crippen molar-refractivity contribution in [3.8, 4) is 11.3 Å². The van der Waals surface area contributed by atoms with Crippen molar-refractivity contribution in [2.75, 3.05) is 18.4 Å². The van der Waals surface area contributed by atoms with Crippen LogP contribution < -0.4 is 10.6 Å². The van der Waals surface area contributed by atoms with Crippen LogP contribution in [0.15, 0.2) is 35.8 Å². The number of carbonyl (C=O) groups is 1. The van der Waals surface area contributed by atoms with Gasteiger partial charge in [-0.05, 0) is 37.8 Å². The number of nitrogens with zero attached hydrogens (tertiary/aromatic N) is 1. The van der Waals surface area contributed by atoms with E-state index in [1.165, 1.54) is 24.2 Å². The highest BCUT2D eigenvalue weighted by Crippen LogP contribution is 2.31. The summed E-state index contributed by atoms with van der Waals surface area (Å²) in [5.41, 5.74) is 3.68. The topological polar surface area (TPSA) is 54.0 Å². The molecule has 2 atom stereocenters. The zero-order valence-electron chi connectivity index (χ0n) is 13.4. The van der Waals surface area contributed by atoms with Crippen molar-refractivity contribution in [1.82, 2.24) is 10.3 Å². The molecule has 0 saturated carbocycles. The van der Waals surface area contributed by atoms with Crippen LogP contribution in [-0.4, -0.2) is 24.0 Å². The monoisotopic (exact) mass is 329 g/mol. The molecule has 23 heavy (non-hydrogen) atoms. The second kappa shape index (κ2) is 7.70. The van der Waals surface area contributed by atoms with Crippen molar-refractivity contribution in [2.24, 2.45) is 11.8 Å². The molecule has 1 amide bonds. The lowest BCUT2D eigenvalue weighted by atomic mass is 9.85. The molecule has 3 rings (SSSR count). The molecular weight excluding hydrogens is 306 g/mol. The van der Waals surface area contributed by atoms with Crippen molar-refractivity contribution in [1.29, 1.82) is 0 Å². The second-order valence-electron chi connectivity index (χ2n) is 6.23. The molecule has 1 aromatic heterocycles. The molecule has 122 valence electrons. The summed E-state index contributed by atoms with van der Waals surface area (Å²) in [5, 5.41) is 7.32. The third kappa shape index (κ3) is 4.18. The average Bonchev–Trinajstić information content (AvgIpc) is 3.04. The molecule has 0 bridgehead atoms. The Balaban J connectivity index is 1.61. The van der Waals surface area contributed by atoms with Gasteiger partial charge in [0.1, 0.15) is 10.7 Å². The van der Waals surface area contributed by atoms with Crippen LogP contribution in [0.1, 0.15) is 26.2 Å². The molecule has 0 spiro atoms. The van der Waals surface area contributed by atoms with Crippen molar-refractivity contribution in [3.63, 3.8) is 0 Å². The van der Waals surface area contributed by atoms with E-state index >= 15 is 0 Å². The first-order chi connectivity index (χ1) is 11.2. The van der Waals surface area contributed by atoms with E-state index < -0.39 is 0 Å². The molecule has 1 aromatic carbocycles. The number of nitrogens with one attached hydrogen (secondary N) is 2. The summed E-state index contributed by atoms with van der Waals surface area (Å²) in [6.07, 6.45) is 3.00. The summed E-state index contributed by atoms with van der Waals surface area (Å²) in [6, 6.07) is 9.98. The number of aromatic nitrogens is 1. The van der Waals surface area contributed by atoms with Crippen LogP contribution in [0.5, 0.6) is 0 Å². The van der Waals surface area contributed by atoms with Crippen LogP contribution in [0, 0.1) is 11.8 Å². The maximum absolute atomic E-state index is 12.4. The van der Waals surface area contributed by atoms with Gasteiger partial charge in [0, 0.05) is 12.0 Å². The first-order valence-corrected chi connectivity index (χ1v) is 9.11. The molecule has 2 aromatic rings. The van der Waals surface area contributed by atoms with E-state index in [1.54, 1.807) is 5.51 Å². The van der Waals surface area contributed by atoms with Gasteiger partial charge >= 0.3 is 0 Å². The molecule has 1 saturated heterocycles. The lowest BCUT2D eigenvalue weighted by Crippen LogP contribution is -2.34. The average molecular weight is 329 g/mol. The third-order valence-corrected chi connectivity index (χ3v) is 5.26. The third-order valence-electron chi connectivity index (χ3n) is 4.51. The molecule has 0 radical (unpaired) electrons. The molecule has 1 aliphatic rings. The zero-order valence-corrected chi connectivity index (χ0v) is 14.2. The first-order valence-electron chi connectivity index (χ1n) is 8.23. The number of piperidine rings is 1. The van der Waals surface area contributed by atoms with Gasteiger partial charge in [0.2, 0.25) is 5.91 Å². The van der Waals surface area contributed by atoms with E-state index in [-0.39, 0.29) is 5.91 Å². The maximum atomic E-state index is 12.4. The van der Waals surface area contributed by atoms with Crippen molar-refractivity contribution in [2.45, 2.75) is 26.2 Å². The van der Waals surface area contributed by atoms with E-state index in [2.05, 4.69) is 22.5 Å². The quantitative estimate of drug-likeness (QED) is 0.878. The Morgan fingerprint density at radius 1 is 1.43 bits per heavy atom. The van der Waals surface area contributed by atoms with Gasteiger partial charge in [0.05, 0.1) is 5.51 Å². The number of hydrogen-bond acceptors (Lipinski definition) is 4. The summed E-state index contributed by atoms with van der Waals surface area (Å²) in [5.74, 6) is 1.09. The predicted octanol–water partition coefficient (Wildman–Crippen LogP) is 3.77. The minimum Gasteiger partial charge on any atom is -0.316 e. The van der Waals surface area contributed by atoms with Crippen molar-refractivity contribution in [3.05, 3.63) is 35.8 Å². The van der Waals surface area contributed by atoms with Crippen LogP contribution in [0.2, 0.25) is 0 Å². The fourth-order valence-corrected chi connectivity index (χ4v) is 3.86. The van der Waals surface area contributed by atoms with Gasteiger partial charge in [-0.15, -0.1) is 11.3 Å². The molecule has 1 fully saturated rings. The Morgan fingerprint density at radius 2 is 2.26 bits per heavy atom. The van der Waals surface area contributed by atoms with Crippen LogP contribution in [-0.2, 0) is 4.79 Å². The fourth-order valence-electron chi connectivity index (χ4n) is 3.14. The minimum absolute atomic E-state index is 0.0875. The van der Waals surface area contributed by atoms with E-state index in [0.717, 1.165) is 29.3 Å². The summed E-state index contributed by atoms with van der Waals surface area (Å²) in [6.45, 7) is 4.32.